The van der Waals surface area contributed by atoms with E-state index in [0.29, 0.717) is 23.0 Å². The average Bonchev–Trinajstić information content (AvgIpc) is 2.65. The van der Waals surface area contributed by atoms with Crippen molar-refractivity contribution in [2.24, 2.45) is 0 Å². The molecule has 0 bridgehead atoms. The van der Waals surface area contributed by atoms with Crippen LogP contribution in [0.4, 0.5) is 11.5 Å². The Morgan fingerprint density at radius 2 is 1.88 bits per heavy atom. The number of nitrogens with one attached hydrogen (secondary N) is 2. The summed E-state index contributed by atoms with van der Waals surface area (Å²) < 4.78 is 10.4. The first-order chi connectivity index (χ1) is 12.2. The Balaban J connectivity index is 1.96. The van der Waals surface area contributed by atoms with E-state index in [9.17, 15) is 4.79 Å². The van der Waals surface area contributed by atoms with Gasteiger partial charge in [-0.15, -0.1) is 0 Å². The van der Waals surface area contributed by atoms with E-state index < -0.39 is 0 Å². The standard InChI is InChI=1S/C18H24N4O3/c1-4-5-6-9-19-17-12-20-14(11-21-17)18(23)22-13-7-8-15(24-2)16(10-13)25-3/h7-8,10-12H,4-6,9H2,1-3H3,(H,19,21)(H,22,23). The summed E-state index contributed by atoms with van der Waals surface area (Å²) in [4.78, 5) is 20.7. The zero-order valence-electron chi connectivity index (χ0n) is 14.8. The van der Waals surface area contributed by atoms with Crippen molar-refractivity contribution >= 4 is 17.4 Å². The number of rotatable bonds is 9. The first-order valence-corrected chi connectivity index (χ1v) is 8.27. The Hall–Kier alpha value is -2.83. The van der Waals surface area contributed by atoms with Crippen molar-refractivity contribution < 1.29 is 14.3 Å². The maximum absolute atomic E-state index is 12.3. The smallest absolute Gasteiger partial charge is 0.275 e. The highest BCUT2D eigenvalue weighted by Gasteiger charge is 2.11. The summed E-state index contributed by atoms with van der Waals surface area (Å²) in [6.07, 6.45) is 6.45. The molecule has 7 nitrogen and oxygen atoms in total. The third-order valence-corrected chi connectivity index (χ3v) is 3.61. The van der Waals surface area contributed by atoms with E-state index in [1.165, 1.54) is 19.0 Å². The van der Waals surface area contributed by atoms with Gasteiger partial charge in [0.25, 0.3) is 5.91 Å². The van der Waals surface area contributed by atoms with E-state index in [1.54, 1.807) is 38.6 Å². The molecule has 0 radical (unpaired) electrons. The van der Waals surface area contributed by atoms with Crippen molar-refractivity contribution in [1.29, 1.82) is 0 Å². The van der Waals surface area contributed by atoms with Crippen molar-refractivity contribution in [3.8, 4) is 11.5 Å². The molecule has 0 fully saturated rings. The average molecular weight is 344 g/mol. The first kappa shape index (κ1) is 18.5. The van der Waals surface area contributed by atoms with Crippen LogP contribution in [-0.2, 0) is 0 Å². The molecule has 0 aliphatic carbocycles. The van der Waals surface area contributed by atoms with Crippen LogP contribution in [-0.4, -0.2) is 36.6 Å². The van der Waals surface area contributed by atoms with Gasteiger partial charge in [0.15, 0.2) is 11.5 Å². The largest absolute Gasteiger partial charge is 0.493 e. The lowest BCUT2D eigenvalue weighted by atomic mass is 10.2. The number of nitrogens with zero attached hydrogens (tertiary/aromatic N) is 2. The molecule has 1 heterocycles. The highest BCUT2D eigenvalue weighted by molar-refractivity contribution is 6.02. The van der Waals surface area contributed by atoms with E-state index >= 15 is 0 Å². The van der Waals surface area contributed by atoms with Gasteiger partial charge >= 0.3 is 0 Å². The molecule has 1 amide bonds. The molecule has 0 aliphatic rings. The van der Waals surface area contributed by atoms with Crippen LogP contribution in [0, 0.1) is 0 Å². The van der Waals surface area contributed by atoms with Crippen molar-refractivity contribution in [3.05, 3.63) is 36.3 Å². The quantitative estimate of drug-likeness (QED) is 0.679. The number of carbonyl (C=O) groups excluding carboxylic acids is 1. The molecule has 0 unspecified atom stereocenters. The summed E-state index contributed by atoms with van der Waals surface area (Å²) in [7, 11) is 3.10. The minimum absolute atomic E-state index is 0.244. The number of amides is 1. The zero-order chi connectivity index (χ0) is 18.1. The van der Waals surface area contributed by atoms with Crippen LogP contribution < -0.4 is 20.1 Å². The van der Waals surface area contributed by atoms with Gasteiger partial charge in [-0.1, -0.05) is 19.8 Å². The summed E-state index contributed by atoms with van der Waals surface area (Å²) >= 11 is 0. The molecule has 0 saturated carbocycles. The maximum atomic E-state index is 12.3. The number of unbranched alkanes of at least 4 members (excludes halogenated alkanes) is 2. The van der Waals surface area contributed by atoms with Gasteiger partial charge in [-0.05, 0) is 18.6 Å². The van der Waals surface area contributed by atoms with Crippen molar-refractivity contribution in [1.82, 2.24) is 9.97 Å². The molecule has 0 saturated heterocycles. The summed E-state index contributed by atoms with van der Waals surface area (Å²) in [5, 5.41) is 5.95. The molecule has 25 heavy (non-hydrogen) atoms. The monoisotopic (exact) mass is 344 g/mol. The molecule has 0 spiro atoms. The molecule has 1 aromatic carbocycles. The number of ether oxygens (including phenoxy) is 2. The SMILES string of the molecule is CCCCCNc1cnc(C(=O)Nc2ccc(OC)c(OC)c2)cn1. The molecular weight excluding hydrogens is 320 g/mol. The van der Waals surface area contributed by atoms with E-state index in [1.807, 2.05) is 0 Å². The van der Waals surface area contributed by atoms with Gasteiger partial charge in [0, 0.05) is 18.3 Å². The molecular formula is C18H24N4O3. The summed E-state index contributed by atoms with van der Waals surface area (Å²) in [5.74, 6) is 1.47. The van der Waals surface area contributed by atoms with Crippen molar-refractivity contribution in [3.63, 3.8) is 0 Å². The molecule has 1 aromatic heterocycles. The number of benzene rings is 1. The fourth-order valence-electron chi connectivity index (χ4n) is 2.24. The fraction of sp³-hybridized carbons (Fsp3) is 0.389. The fourth-order valence-corrected chi connectivity index (χ4v) is 2.24. The molecule has 0 atom stereocenters. The maximum Gasteiger partial charge on any atom is 0.275 e. The highest BCUT2D eigenvalue weighted by atomic mass is 16.5. The Morgan fingerprint density at radius 3 is 2.52 bits per heavy atom. The van der Waals surface area contributed by atoms with Crippen LogP contribution in [0.5, 0.6) is 11.5 Å². The van der Waals surface area contributed by atoms with Crippen molar-refractivity contribution in [2.75, 3.05) is 31.4 Å². The van der Waals surface area contributed by atoms with Gasteiger partial charge in [0.2, 0.25) is 0 Å². The molecule has 2 rings (SSSR count). The van der Waals surface area contributed by atoms with E-state index in [2.05, 4.69) is 27.5 Å². The summed E-state index contributed by atoms with van der Waals surface area (Å²) in [6, 6.07) is 5.15. The molecule has 0 aliphatic heterocycles. The van der Waals surface area contributed by atoms with Gasteiger partial charge in [-0.2, -0.15) is 0 Å². The second-order valence-corrected chi connectivity index (χ2v) is 5.44. The number of aromatic nitrogens is 2. The predicted molar refractivity (Wildman–Crippen MR) is 97.5 cm³/mol. The number of hydrogen-bond donors (Lipinski definition) is 2. The van der Waals surface area contributed by atoms with Gasteiger partial charge in [-0.25, -0.2) is 9.97 Å². The Labute approximate surface area is 147 Å². The second kappa shape index (κ2) is 9.46. The van der Waals surface area contributed by atoms with E-state index in [-0.39, 0.29) is 11.6 Å². The second-order valence-electron chi connectivity index (χ2n) is 5.44. The molecule has 2 N–H and O–H groups in total. The van der Waals surface area contributed by atoms with Gasteiger partial charge in [0.1, 0.15) is 11.5 Å². The van der Waals surface area contributed by atoms with Crippen molar-refractivity contribution in [2.45, 2.75) is 26.2 Å². The zero-order valence-corrected chi connectivity index (χ0v) is 14.8. The first-order valence-electron chi connectivity index (χ1n) is 8.27. The predicted octanol–water partition coefficient (Wildman–Crippen LogP) is 3.35. The minimum atomic E-state index is -0.336. The van der Waals surface area contributed by atoms with E-state index in [4.69, 9.17) is 9.47 Å². The number of methoxy groups -OCH3 is 2. The van der Waals surface area contributed by atoms with Crippen LogP contribution in [0.25, 0.3) is 0 Å². The Bertz CT molecular complexity index is 689. The molecule has 134 valence electrons. The van der Waals surface area contributed by atoms with Gasteiger partial charge in [0.05, 0.1) is 26.6 Å². The normalized spacial score (nSPS) is 10.2. The Morgan fingerprint density at radius 1 is 1.08 bits per heavy atom. The summed E-state index contributed by atoms with van der Waals surface area (Å²) in [6.45, 7) is 3.01. The number of hydrogen-bond acceptors (Lipinski definition) is 6. The third kappa shape index (κ3) is 5.34. The third-order valence-electron chi connectivity index (χ3n) is 3.61. The summed E-state index contributed by atoms with van der Waals surface area (Å²) in [5.41, 5.74) is 0.833. The number of carbonyl (C=O) groups is 1. The minimum Gasteiger partial charge on any atom is -0.493 e. The molecule has 7 heteroatoms. The lowest BCUT2D eigenvalue weighted by Crippen LogP contribution is -2.14. The highest BCUT2D eigenvalue weighted by Crippen LogP contribution is 2.29. The van der Waals surface area contributed by atoms with Gasteiger partial charge < -0.3 is 20.1 Å². The van der Waals surface area contributed by atoms with Crippen LogP contribution in [0.15, 0.2) is 30.6 Å². The van der Waals surface area contributed by atoms with Crippen LogP contribution in [0.3, 0.4) is 0 Å². The van der Waals surface area contributed by atoms with E-state index in [0.717, 1.165) is 13.0 Å². The number of anilines is 2. The lowest BCUT2D eigenvalue weighted by molar-refractivity contribution is 0.102. The van der Waals surface area contributed by atoms with Crippen LogP contribution >= 0.6 is 0 Å². The topological polar surface area (TPSA) is 85.4 Å². The molecule has 2 aromatic rings. The van der Waals surface area contributed by atoms with Crippen LogP contribution in [0.1, 0.15) is 36.7 Å². The lowest BCUT2D eigenvalue weighted by Gasteiger charge is -2.10. The van der Waals surface area contributed by atoms with Gasteiger partial charge in [-0.3, -0.25) is 4.79 Å². The van der Waals surface area contributed by atoms with Crippen LogP contribution in [0.2, 0.25) is 0 Å². The Kier molecular flexibility index (Phi) is 7.00.